The molecule has 2 fully saturated rings. The van der Waals surface area contributed by atoms with Crippen LogP contribution in [0, 0.1) is 11.8 Å². The van der Waals surface area contributed by atoms with Crippen molar-refractivity contribution in [2.45, 2.75) is 46.5 Å². The van der Waals surface area contributed by atoms with E-state index in [1.54, 1.807) is 0 Å². The third-order valence-electron chi connectivity index (χ3n) is 3.85. The number of hydrogen-bond donors (Lipinski definition) is 1. The molecular weight excluding hydrogens is 196 g/mol. The van der Waals surface area contributed by atoms with Gasteiger partial charge in [0.1, 0.15) is 0 Å². The molecule has 1 N–H and O–H groups in total. The molecule has 0 atom stereocenters. The van der Waals surface area contributed by atoms with E-state index in [-0.39, 0.29) is 0 Å². The van der Waals surface area contributed by atoms with Gasteiger partial charge in [-0.25, -0.2) is 0 Å². The van der Waals surface area contributed by atoms with E-state index < -0.39 is 0 Å². The second kappa shape index (κ2) is 8.08. The number of likely N-dealkylation sites (tertiary alicyclic amines) is 1. The van der Waals surface area contributed by atoms with E-state index in [1.165, 1.54) is 58.4 Å². The molecule has 0 amide bonds. The minimum absolute atomic E-state index is 0.972. The molecule has 0 spiro atoms. The number of nitrogens with one attached hydrogen (secondary N) is 1. The number of piperidine rings is 2. The van der Waals surface area contributed by atoms with Crippen molar-refractivity contribution in [1.29, 1.82) is 0 Å². The van der Waals surface area contributed by atoms with Crippen LogP contribution < -0.4 is 5.32 Å². The van der Waals surface area contributed by atoms with Crippen molar-refractivity contribution < 1.29 is 0 Å². The van der Waals surface area contributed by atoms with Crippen molar-refractivity contribution in [3.63, 3.8) is 0 Å². The van der Waals surface area contributed by atoms with Crippen LogP contribution in [0.3, 0.4) is 0 Å². The first kappa shape index (κ1) is 14.0. The summed E-state index contributed by atoms with van der Waals surface area (Å²) in [6, 6.07) is 0. The summed E-state index contributed by atoms with van der Waals surface area (Å²) in [6.45, 7) is 13.0. The molecule has 2 aliphatic rings. The molecular formula is C14H30N2. The van der Waals surface area contributed by atoms with Crippen LogP contribution in [0.4, 0.5) is 0 Å². The summed E-state index contributed by atoms with van der Waals surface area (Å²) in [7, 11) is 0. The Morgan fingerprint density at radius 3 is 2.12 bits per heavy atom. The lowest BCUT2D eigenvalue weighted by Crippen LogP contribution is -2.39. The molecule has 0 aliphatic carbocycles. The van der Waals surface area contributed by atoms with Crippen LogP contribution in [-0.2, 0) is 0 Å². The molecule has 0 aromatic carbocycles. The van der Waals surface area contributed by atoms with Crippen molar-refractivity contribution in [3.8, 4) is 0 Å². The van der Waals surface area contributed by atoms with E-state index in [2.05, 4.69) is 17.1 Å². The number of hydrogen-bond acceptors (Lipinski definition) is 2. The maximum Gasteiger partial charge on any atom is 0.00106 e. The van der Waals surface area contributed by atoms with Gasteiger partial charge in [0, 0.05) is 6.54 Å². The monoisotopic (exact) mass is 226 g/mol. The number of rotatable bonds is 2. The molecule has 2 aliphatic heterocycles. The quantitative estimate of drug-likeness (QED) is 0.779. The van der Waals surface area contributed by atoms with Gasteiger partial charge in [-0.05, 0) is 63.7 Å². The zero-order chi connectivity index (χ0) is 11.8. The zero-order valence-corrected chi connectivity index (χ0v) is 11.5. The molecule has 0 unspecified atom stereocenters. The lowest BCUT2D eigenvalue weighted by molar-refractivity contribution is 0.154. The predicted octanol–water partition coefficient (Wildman–Crippen LogP) is 2.74. The summed E-state index contributed by atoms with van der Waals surface area (Å²) in [6.07, 6.45) is 5.63. The van der Waals surface area contributed by atoms with Crippen molar-refractivity contribution in [2.75, 3.05) is 32.7 Å². The highest BCUT2D eigenvalue weighted by Gasteiger charge is 2.20. The molecule has 2 rings (SSSR count). The van der Waals surface area contributed by atoms with Crippen LogP contribution in [0.15, 0.2) is 0 Å². The Labute approximate surface area is 102 Å². The summed E-state index contributed by atoms with van der Waals surface area (Å²) in [5.41, 5.74) is 0. The number of nitrogens with zero attached hydrogens (tertiary/aromatic N) is 1. The minimum atomic E-state index is 0.972. The van der Waals surface area contributed by atoms with Crippen molar-refractivity contribution in [2.24, 2.45) is 11.8 Å². The fraction of sp³-hybridized carbons (Fsp3) is 1.00. The molecule has 2 saturated heterocycles. The van der Waals surface area contributed by atoms with Gasteiger partial charge in [0.2, 0.25) is 0 Å². The van der Waals surface area contributed by atoms with Crippen molar-refractivity contribution in [3.05, 3.63) is 0 Å². The predicted molar refractivity (Wildman–Crippen MR) is 71.8 cm³/mol. The summed E-state index contributed by atoms with van der Waals surface area (Å²) < 4.78 is 0. The molecule has 96 valence electrons. The van der Waals surface area contributed by atoms with Gasteiger partial charge in [-0.2, -0.15) is 0 Å². The van der Waals surface area contributed by atoms with Crippen LogP contribution >= 0.6 is 0 Å². The summed E-state index contributed by atoms with van der Waals surface area (Å²) in [4.78, 5) is 2.69. The fourth-order valence-electron chi connectivity index (χ4n) is 2.67. The van der Waals surface area contributed by atoms with Crippen molar-refractivity contribution >= 4 is 0 Å². The highest BCUT2D eigenvalue weighted by Crippen LogP contribution is 2.19. The average molecular weight is 226 g/mol. The van der Waals surface area contributed by atoms with Gasteiger partial charge in [-0.3, -0.25) is 0 Å². The van der Waals surface area contributed by atoms with Gasteiger partial charge in [-0.15, -0.1) is 0 Å². The first-order chi connectivity index (χ1) is 7.84. The summed E-state index contributed by atoms with van der Waals surface area (Å²) in [5.74, 6) is 1.95. The highest BCUT2D eigenvalue weighted by atomic mass is 15.1. The van der Waals surface area contributed by atoms with E-state index in [0.717, 1.165) is 11.8 Å². The normalized spacial score (nSPS) is 24.9. The standard InChI is InChI=1S/C12H24N2.C2H6/c1-11-4-8-14(9-5-11)10-12-2-6-13-7-3-12;1-2/h11-13H,2-10H2,1H3;1-2H3. The van der Waals surface area contributed by atoms with E-state index in [9.17, 15) is 0 Å². The van der Waals surface area contributed by atoms with Crippen molar-refractivity contribution in [1.82, 2.24) is 10.2 Å². The van der Waals surface area contributed by atoms with Crippen LogP contribution in [0.25, 0.3) is 0 Å². The highest BCUT2D eigenvalue weighted by molar-refractivity contribution is 4.75. The second-order valence-electron chi connectivity index (χ2n) is 5.18. The third-order valence-corrected chi connectivity index (χ3v) is 3.85. The Morgan fingerprint density at radius 2 is 1.56 bits per heavy atom. The molecule has 2 nitrogen and oxygen atoms in total. The molecule has 2 heterocycles. The van der Waals surface area contributed by atoms with Gasteiger partial charge >= 0.3 is 0 Å². The van der Waals surface area contributed by atoms with E-state index in [4.69, 9.17) is 0 Å². The van der Waals surface area contributed by atoms with Gasteiger partial charge in [0.25, 0.3) is 0 Å². The Hall–Kier alpha value is -0.0800. The lowest BCUT2D eigenvalue weighted by atomic mass is 9.94. The minimum Gasteiger partial charge on any atom is -0.317 e. The maximum atomic E-state index is 3.44. The Balaban J connectivity index is 0.000000606. The van der Waals surface area contributed by atoms with Gasteiger partial charge < -0.3 is 10.2 Å². The SMILES string of the molecule is CC.CC1CCN(CC2CCNCC2)CC1. The Morgan fingerprint density at radius 1 is 1.00 bits per heavy atom. The largest absolute Gasteiger partial charge is 0.317 e. The van der Waals surface area contributed by atoms with Crippen LogP contribution in [0.5, 0.6) is 0 Å². The third kappa shape index (κ3) is 4.84. The smallest absolute Gasteiger partial charge is 0.00106 e. The average Bonchev–Trinajstić information content (AvgIpc) is 2.36. The Bertz CT molecular complexity index is 156. The summed E-state index contributed by atoms with van der Waals surface area (Å²) in [5, 5.41) is 3.44. The van der Waals surface area contributed by atoms with E-state index in [1.807, 2.05) is 13.8 Å². The first-order valence-corrected chi connectivity index (χ1v) is 7.27. The Kier molecular flexibility index (Phi) is 7.06. The molecule has 16 heavy (non-hydrogen) atoms. The van der Waals surface area contributed by atoms with Crippen LogP contribution in [-0.4, -0.2) is 37.6 Å². The van der Waals surface area contributed by atoms with E-state index in [0.29, 0.717) is 0 Å². The first-order valence-electron chi connectivity index (χ1n) is 7.27. The van der Waals surface area contributed by atoms with Gasteiger partial charge in [0.15, 0.2) is 0 Å². The molecule has 2 heteroatoms. The summed E-state index contributed by atoms with van der Waals surface area (Å²) >= 11 is 0. The van der Waals surface area contributed by atoms with Crippen LogP contribution in [0.2, 0.25) is 0 Å². The second-order valence-corrected chi connectivity index (χ2v) is 5.18. The molecule has 0 aromatic rings. The van der Waals surface area contributed by atoms with Gasteiger partial charge in [0.05, 0.1) is 0 Å². The lowest BCUT2D eigenvalue weighted by Gasteiger charge is -2.34. The molecule has 0 aromatic heterocycles. The molecule has 0 bridgehead atoms. The molecule has 0 radical (unpaired) electrons. The zero-order valence-electron chi connectivity index (χ0n) is 11.5. The molecule has 0 saturated carbocycles. The van der Waals surface area contributed by atoms with E-state index >= 15 is 0 Å². The fourth-order valence-corrected chi connectivity index (χ4v) is 2.67. The van der Waals surface area contributed by atoms with Gasteiger partial charge in [-0.1, -0.05) is 20.8 Å². The van der Waals surface area contributed by atoms with Crippen LogP contribution in [0.1, 0.15) is 46.5 Å². The maximum absolute atomic E-state index is 3.44. The topological polar surface area (TPSA) is 15.3 Å².